The zero-order valence-electron chi connectivity index (χ0n) is 11.4. The Morgan fingerprint density at radius 3 is 2.67 bits per heavy atom. The number of hydrogen-bond acceptors (Lipinski definition) is 4. The summed E-state index contributed by atoms with van der Waals surface area (Å²) in [5.74, 6) is -0.947. The minimum atomic E-state index is -3.87. The average Bonchev–Trinajstić information content (AvgIpc) is 2.40. The Labute approximate surface area is 131 Å². The highest BCUT2D eigenvalue weighted by Crippen LogP contribution is 2.26. The van der Waals surface area contributed by atoms with Crippen LogP contribution in [0.15, 0.2) is 21.5 Å². The molecule has 0 aliphatic heterocycles. The molecule has 1 rings (SSSR count). The van der Waals surface area contributed by atoms with Crippen LogP contribution in [0.1, 0.15) is 19.8 Å². The molecular formula is C12H17BrFN3O3S. The van der Waals surface area contributed by atoms with Gasteiger partial charge in [0.25, 0.3) is 0 Å². The van der Waals surface area contributed by atoms with E-state index in [4.69, 9.17) is 5.73 Å². The molecule has 0 radical (unpaired) electrons. The van der Waals surface area contributed by atoms with Crippen molar-refractivity contribution in [3.05, 3.63) is 22.4 Å². The summed E-state index contributed by atoms with van der Waals surface area (Å²) in [6.45, 7) is 2.41. The first-order valence-electron chi connectivity index (χ1n) is 6.28. The van der Waals surface area contributed by atoms with Crippen LogP contribution in [0.5, 0.6) is 0 Å². The normalized spacial score (nSPS) is 11.4. The molecule has 0 bridgehead atoms. The van der Waals surface area contributed by atoms with E-state index < -0.39 is 15.8 Å². The van der Waals surface area contributed by atoms with Gasteiger partial charge in [0, 0.05) is 24.0 Å². The second kappa shape index (κ2) is 7.71. The first-order chi connectivity index (χ1) is 9.77. The molecule has 0 aliphatic carbocycles. The van der Waals surface area contributed by atoms with E-state index in [2.05, 4.69) is 26.0 Å². The van der Waals surface area contributed by atoms with Crippen molar-refractivity contribution in [2.45, 2.75) is 24.7 Å². The highest BCUT2D eigenvalue weighted by Gasteiger charge is 2.19. The van der Waals surface area contributed by atoms with Crippen LogP contribution in [-0.4, -0.2) is 27.4 Å². The van der Waals surface area contributed by atoms with E-state index in [1.165, 1.54) is 0 Å². The van der Waals surface area contributed by atoms with E-state index in [0.717, 1.165) is 18.6 Å². The maximum atomic E-state index is 13.2. The van der Waals surface area contributed by atoms with Gasteiger partial charge in [-0.1, -0.05) is 6.92 Å². The Bertz CT molecular complexity index is 622. The summed E-state index contributed by atoms with van der Waals surface area (Å²) >= 11 is 2.98. The van der Waals surface area contributed by atoms with Gasteiger partial charge in [-0.15, -0.1) is 0 Å². The van der Waals surface area contributed by atoms with Gasteiger partial charge in [0.15, 0.2) is 0 Å². The van der Waals surface area contributed by atoms with Gasteiger partial charge in [0.1, 0.15) is 5.82 Å². The van der Waals surface area contributed by atoms with Gasteiger partial charge in [-0.05, 0) is 34.5 Å². The number of hydrogen-bond donors (Lipinski definition) is 3. The predicted octanol–water partition coefficient (Wildman–Crippen LogP) is 1.37. The molecule has 0 heterocycles. The first-order valence-corrected chi connectivity index (χ1v) is 8.56. The van der Waals surface area contributed by atoms with Crippen molar-refractivity contribution in [2.75, 3.05) is 18.8 Å². The molecule has 0 saturated carbocycles. The molecule has 0 atom stereocenters. The topological polar surface area (TPSA) is 101 Å². The van der Waals surface area contributed by atoms with E-state index in [1.54, 1.807) is 0 Å². The summed E-state index contributed by atoms with van der Waals surface area (Å²) in [6, 6.07) is 2.01. The second-order valence-electron chi connectivity index (χ2n) is 4.30. The summed E-state index contributed by atoms with van der Waals surface area (Å²) in [5.41, 5.74) is 5.10. The molecule has 1 amide bonds. The Hall–Kier alpha value is -1.19. The molecule has 0 aliphatic rings. The van der Waals surface area contributed by atoms with E-state index in [9.17, 15) is 17.6 Å². The third-order valence-corrected chi connectivity index (χ3v) is 4.98. The van der Waals surface area contributed by atoms with Crippen molar-refractivity contribution in [3.63, 3.8) is 0 Å². The number of anilines is 1. The van der Waals surface area contributed by atoms with E-state index in [1.807, 2.05) is 6.92 Å². The summed E-state index contributed by atoms with van der Waals surface area (Å²) in [5, 5.41) is 2.63. The molecule has 21 heavy (non-hydrogen) atoms. The Morgan fingerprint density at radius 2 is 2.05 bits per heavy atom. The number of nitrogens with two attached hydrogens (primary N) is 1. The molecule has 1 aromatic carbocycles. The van der Waals surface area contributed by atoms with E-state index in [0.29, 0.717) is 6.54 Å². The number of amides is 1. The SMILES string of the molecule is CCCNC(=O)CCNS(=O)(=O)c1cc(N)c(F)cc1Br. The number of benzene rings is 1. The maximum absolute atomic E-state index is 13.2. The molecule has 0 unspecified atom stereocenters. The van der Waals surface area contributed by atoms with Crippen LogP contribution in [0.4, 0.5) is 10.1 Å². The smallest absolute Gasteiger partial charge is 0.241 e. The van der Waals surface area contributed by atoms with Crippen molar-refractivity contribution < 1.29 is 17.6 Å². The lowest BCUT2D eigenvalue weighted by molar-refractivity contribution is -0.120. The lowest BCUT2D eigenvalue weighted by atomic mass is 10.3. The fourth-order valence-corrected chi connectivity index (χ4v) is 3.56. The molecule has 1 aromatic rings. The largest absolute Gasteiger partial charge is 0.396 e. The zero-order valence-corrected chi connectivity index (χ0v) is 13.9. The van der Waals surface area contributed by atoms with Crippen LogP contribution in [0, 0.1) is 5.82 Å². The number of halogens is 2. The van der Waals surface area contributed by atoms with Crippen LogP contribution in [0.25, 0.3) is 0 Å². The van der Waals surface area contributed by atoms with Gasteiger partial charge in [0.2, 0.25) is 15.9 Å². The molecule has 4 N–H and O–H groups in total. The third-order valence-electron chi connectivity index (χ3n) is 2.56. The molecule has 0 aromatic heterocycles. The number of rotatable bonds is 7. The maximum Gasteiger partial charge on any atom is 0.241 e. The molecule has 0 fully saturated rings. The lowest BCUT2D eigenvalue weighted by Gasteiger charge is -2.10. The summed E-state index contributed by atoms with van der Waals surface area (Å²) in [4.78, 5) is 11.2. The van der Waals surface area contributed by atoms with Crippen LogP contribution in [0.2, 0.25) is 0 Å². The summed E-state index contributed by atoms with van der Waals surface area (Å²) in [6.07, 6.45) is 0.826. The highest BCUT2D eigenvalue weighted by molar-refractivity contribution is 9.10. The minimum Gasteiger partial charge on any atom is -0.396 e. The summed E-state index contributed by atoms with van der Waals surface area (Å²) in [7, 11) is -3.87. The van der Waals surface area contributed by atoms with Crippen molar-refractivity contribution in [2.24, 2.45) is 0 Å². The van der Waals surface area contributed by atoms with Gasteiger partial charge in [-0.2, -0.15) is 0 Å². The molecule has 9 heteroatoms. The molecule has 118 valence electrons. The van der Waals surface area contributed by atoms with Gasteiger partial charge in [-0.3, -0.25) is 4.79 Å². The van der Waals surface area contributed by atoms with Gasteiger partial charge in [0.05, 0.1) is 10.6 Å². The van der Waals surface area contributed by atoms with E-state index in [-0.39, 0.29) is 33.9 Å². The Kier molecular flexibility index (Phi) is 6.56. The van der Waals surface area contributed by atoms with Crippen LogP contribution < -0.4 is 15.8 Å². The van der Waals surface area contributed by atoms with Gasteiger partial charge < -0.3 is 11.1 Å². The highest BCUT2D eigenvalue weighted by atomic mass is 79.9. The minimum absolute atomic E-state index is 0.0214. The standard InChI is InChI=1S/C12H17BrFN3O3S/c1-2-4-16-12(18)3-5-17-21(19,20)11-7-10(15)9(14)6-8(11)13/h6-7,17H,2-5,15H2,1H3,(H,16,18). The fourth-order valence-electron chi connectivity index (χ4n) is 1.48. The van der Waals surface area contributed by atoms with E-state index >= 15 is 0 Å². The van der Waals surface area contributed by atoms with Crippen molar-refractivity contribution in [3.8, 4) is 0 Å². The predicted molar refractivity (Wildman–Crippen MR) is 81.6 cm³/mol. The fraction of sp³-hybridized carbons (Fsp3) is 0.417. The molecule has 6 nitrogen and oxygen atoms in total. The average molecular weight is 382 g/mol. The van der Waals surface area contributed by atoms with Crippen molar-refractivity contribution in [1.82, 2.24) is 10.0 Å². The van der Waals surface area contributed by atoms with Crippen LogP contribution in [0.3, 0.4) is 0 Å². The molecule has 0 saturated heterocycles. The monoisotopic (exact) mass is 381 g/mol. The molecule has 0 spiro atoms. The quantitative estimate of drug-likeness (QED) is 0.620. The second-order valence-corrected chi connectivity index (χ2v) is 6.89. The first kappa shape index (κ1) is 17.9. The Morgan fingerprint density at radius 1 is 1.38 bits per heavy atom. The Balaban J connectivity index is 2.70. The number of nitrogens with one attached hydrogen (secondary N) is 2. The van der Waals surface area contributed by atoms with Crippen molar-refractivity contribution >= 4 is 37.5 Å². The number of carbonyl (C=O) groups excluding carboxylic acids is 1. The summed E-state index contributed by atoms with van der Waals surface area (Å²) < 4.78 is 39.7. The molecular weight excluding hydrogens is 365 g/mol. The zero-order chi connectivity index (χ0) is 16.0. The number of carbonyl (C=O) groups is 1. The lowest BCUT2D eigenvalue weighted by Crippen LogP contribution is -2.31. The van der Waals surface area contributed by atoms with Crippen molar-refractivity contribution in [1.29, 1.82) is 0 Å². The number of nitrogen functional groups attached to an aromatic ring is 1. The van der Waals surface area contributed by atoms with Gasteiger partial charge in [-0.25, -0.2) is 17.5 Å². The van der Waals surface area contributed by atoms with Gasteiger partial charge >= 0.3 is 0 Å². The van der Waals surface area contributed by atoms with Crippen LogP contribution >= 0.6 is 15.9 Å². The third kappa shape index (κ3) is 5.25. The van der Waals surface area contributed by atoms with Crippen LogP contribution in [-0.2, 0) is 14.8 Å². The number of sulfonamides is 1.